The van der Waals surface area contributed by atoms with Crippen LogP contribution in [0, 0.1) is 17.6 Å². The highest BCUT2D eigenvalue weighted by atomic mass is 32.2. The molecule has 1 aliphatic rings. The molecule has 1 aliphatic heterocycles. The first-order valence-electron chi connectivity index (χ1n) is 7.16. The van der Waals surface area contributed by atoms with E-state index in [2.05, 4.69) is 0 Å². The normalized spacial score (nSPS) is 14.9. The minimum atomic E-state index is -1.21. The summed E-state index contributed by atoms with van der Waals surface area (Å²) in [5, 5.41) is 9.24. The Balaban J connectivity index is 2.40. The van der Waals surface area contributed by atoms with E-state index >= 15 is 0 Å². The number of hydrogen-bond donors (Lipinski definition) is 1. The standard InChI is InChI=1S/C16H19F2NO2S/c1-10(2)9-19(16(20)21)12-7-13(17)15(14(18)8-12)11-3-5-22-6-4-11/h3,7-8,10H,4-6,9H2,1-2H3,(H,20,21). The number of thioether (sulfide) groups is 1. The summed E-state index contributed by atoms with van der Waals surface area (Å²) in [6.45, 7) is 3.88. The summed E-state index contributed by atoms with van der Waals surface area (Å²) in [5.74, 6) is 0.220. The maximum atomic E-state index is 14.3. The van der Waals surface area contributed by atoms with Crippen molar-refractivity contribution in [1.29, 1.82) is 0 Å². The number of carboxylic acid groups (broad SMARTS) is 1. The molecule has 0 radical (unpaired) electrons. The molecule has 0 fully saturated rings. The molecule has 1 N–H and O–H groups in total. The Morgan fingerprint density at radius 2 is 2.00 bits per heavy atom. The highest BCUT2D eigenvalue weighted by Gasteiger charge is 2.22. The van der Waals surface area contributed by atoms with Gasteiger partial charge in [0.25, 0.3) is 0 Å². The van der Waals surface area contributed by atoms with Crippen LogP contribution in [0.15, 0.2) is 18.2 Å². The van der Waals surface area contributed by atoms with Gasteiger partial charge in [-0.25, -0.2) is 13.6 Å². The molecule has 2 rings (SSSR count). The highest BCUT2D eigenvalue weighted by molar-refractivity contribution is 7.99. The number of carbonyl (C=O) groups is 1. The van der Waals surface area contributed by atoms with E-state index in [0.29, 0.717) is 12.0 Å². The Hall–Kier alpha value is -1.56. The summed E-state index contributed by atoms with van der Waals surface area (Å²) < 4.78 is 28.7. The maximum absolute atomic E-state index is 14.3. The van der Waals surface area contributed by atoms with Crippen LogP contribution in [0.1, 0.15) is 25.8 Å². The molecule has 1 aromatic rings. The number of nitrogens with zero attached hydrogens (tertiary/aromatic N) is 1. The Morgan fingerprint density at radius 3 is 2.45 bits per heavy atom. The Morgan fingerprint density at radius 1 is 1.36 bits per heavy atom. The Kier molecular flexibility index (Phi) is 5.45. The molecular formula is C16H19F2NO2S. The molecule has 0 aromatic heterocycles. The fourth-order valence-electron chi connectivity index (χ4n) is 2.44. The predicted molar refractivity (Wildman–Crippen MR) is 86.5 cm³/mol. The van der Waals surface area contributed by atoms with E-state index in [9.17, 15) is 18.7 Å². The number of anilines is 1. The molecule has 0 saturated heterocycles. The Bertz CT molecular complexity index is 579. The quantitative estimate of drug-likeness (QED) is 0.877. The molecule has 0 bridgehead atoms. The minimum absolute atomic E-state index is 0.0288. The van der Waals surface area contributed by atoms with Gasteiger partial charge in [0.15, 0.2) is 0 Å². The summed E-state index contributed by atoms with van der Waals surface area (Å²) >= 11 is 1.72. The van der Waals surface area contributed by atoms with Gasteiger partial charge in [0.05, 0.1) is 5.69 Å². The zero-order valence-corrected chi connectivity index (χ0v) is 13.4. The van der Waals surface area contributed by atoms with Crippen LogP contribution in [0.25, 0.3) is 5.57 Å². The smallest absolute Gasteiger partial charge is 0.411 e. The number of amides is 1. The molecular weight excluding hydrogens is 308 g/mol. The molecule has 120 valence electrons. The van der Waals surface area contributed by atoms with Crippen LogP contribution in [-0.4, -0.2) is 29.3 Å². The molecule has 6 heteroatoms. The van der Waals surface area contributed by atoms with Crippen molar-refractivity contribution < 1.29 is 18.7 Å². The van der Waals surface area contributed by atoms with E-state index in [1.54, 1.807) is 11.8 Å². The molecule has 0 atom stereocenters. The third-order valence-electron chi connectivity index (χ3n) is 3.40. The van der Waals surface area contributed by atoms with Crippen molar-refractivity contribution >= 4 is 29.1 Å². The van der Waals surface area contributed by atoms with Crippen LogP contribution in [0.3, 0.4) is 0 Å². The first-order valence-corrected chi connectivity index (χ1v) is 8.32. The molecule has 1 aromatic carbocycles. The first-order chi connectivity index (χ1) is 10.4. The molecule has 0 spiro atoms. The van der Waals surface area contributed by atoms with Crippen molar-refractivity contribution in [3.05, 3.63) is 35.4 Å². The van der Waals surface area contributed by atoms with Gasteiger partial charge in [0, 0.05) is 17.9 Å². The van der Waals surface area contributed by atoms with E-state index in [-0.39, 0.29) is 23.7 Å². The summed E-state index contributed by atoms with van der Waals surface area (Å²) in [6.07, 6.45) is 1.23. The van der Waals surface area contributed by atoms with Gasteiger partial charge in [-0.1, -0.05) is 19.9 Å². The number of benzene rings is 1. The van der Waals surface area contributed by atoms with Gasteiger partial charge in [-0.05, 0) is 35.8 Å². The fourth-order valence-corrected chi connectivity index (χ4v) is 3.29. The lowest BCUT2D eigenvalue weighted by molar-refractivity contribution is 0.201. The van der Waals surface area contributed by atoms with Crippen LogP contribution >= 0.6 is 11.8 Å². The second kappa shape index (κ2) is 7.13. The first kappa shape index (κ1) is 16.8. The summed E-state index contributed by atoms with van der Waals surface area (Å²) in [5.41, 5.74) is 0.663. The second-order valence-corrected chi connectivity index (χ2v) is 6.78. The lowest BCUT2D eigenvalue weighted by atomic mass is 10.0. The van der Waals surface area contributed by atoms with Crippen LogP contribution in [-0.2, 0) is 0 Å². The van der Waals surface area contributed by atoms with Crippen molar-refractivity contribution in [2.45, 2.75) is 20.3 Å². The maximum Gasteiger partial charge on any atom is 0.411 e. The summed E-state index contributed by atoms with van der Waals surface area (Å²) in [7, 11) is 0. The van der Waals surface area contributed by atoms with Gasteiger partial charge < -0.3 is 5.11 Å². The largest absolute Gasteiger partial charge is 0.465 e. The van der Waals surface area contributed by atoms with Crippen molar-refractivity contribution in [3.8, 4) is 0 Å². The SMILES string of the molecule is CC(C)CN(C(=O)O)c1cc(F)c(C2=CCSCC2)c(F)c1. The van der Waals surface area contributed by atoms with E-state index < -0.39 is 17.7 Å². The summed E-state index contributed by atoms with van der Waals surface area (Å²) in [6, 6.07) is 2.22. The number of rotatable bonds is 4. The van der Waals surface area contributed by atoms with E-state index in [1.807, 2.05) is 19.9 Å². The number of hydrogen-bond acceptors (Lipinski definition) is 2. The van der Waals surface area contributed by atoms with Crippen LogP contribution in [0.5, 0.6) is 0 Å². The molecule has 0 aliphatic carbocycles. The van der Waals surface area contributed by atoms with Gasteiger partial charge in [-0.3, -0.25) is 4.90 Å². The lowest BCUT2D eigenvalue weighted by Gasteiger charge is -2.23. The van der Waals surface area contributed by atoms with Crippen molar-refractivity contribution in [2.75, 3.05) is 23.0 Å². The van der Waals surface area contributed by atoms with E-state index in [0.717, 1.165) is 28.5 Å². The zero-order chi connectivity index (χ0) is 16.3. The average Bonchev–Trinajstić information content (AvgIpc) is 2.44. The monoisotopic (exact) mass is 327 g/mol. The summed E-state index contributed by atoms with van der Waals surface area (Å²) in [4.78, 5) is 12.3. The van der Waals surface area contributed by atoms with Gasteiger partial charge in [0.2, 0.25) is 0 Å². The lowest BCUT2D eigenvalue weighted by Crippen LogP contribution is -2.33. The molecule has 1 amide bonds. The molecule has 1 heterocycles. The third-order valence-corrected chi connectivity index (χ3v) is 4.30. The zero-order valence-electron chi connectivity index (χ0n) is 12.6. The number of halogens is 2. The van der Waals surface area contributed by atoms with Gasteiger partial charge >= 0.3 is 6.09 Å². The van der Waals surface area contributed by atoms with Crippen molar-refractivity contribution in [2.24, 2.45) is 5.92 Å². The topological polar surface area (TPSA) is 40.5 Å². The van der Waals surface area contributed by atoms with E-state index in [4.69, 9.17) is 0 Å². The van der Waals surface area contributed by atoms with Crippen LogP contribution < -0.4 is 4.90 Å². The van der Waals surface area contributed by atoms with Crippen LogP contribution in [0.4, 0.5) is 19.3 Å². The second-order valence-electron chi connectivity index (χ2n) is 5.63. The van der Waals surface area contributed by atoms with Gasteiger partial charge in [0.1, 0.15) is 11.6 Å². The van der Waals surface area contributed by atoms with Gasteiger partial charge in [-0.15, -0.1) is 0 Å². The van der Waals surface area contributed by atoms with Crippen molar-refractivity contribution in [1.82, 2.24) is 0 Å². The average molecular weight is 327 g/mol. The Labute approximate surface area is 133 Å². The predicted octanol–water partition coefficient (Wildman–Crippen LogP) is 4.63. The third kappa shape index (κ3) is 3.80. The molecule has 0 saturated carbocycles. The molecule has 3 nitrogen and oxygen atoms in total. The van der Waals surface area contributed by atoms with Gasteiger partial charge in [-0.2, -0.15) is 11.8 Å². The van der Waals surface area contributed by atoms with Crippen molar-refractivity contribution in [3.63, 3.8) is 0 Å². The van der Waals surface area contributed by atoms with Crippen LogP contribution in [0.2, 0.25) is 0 Å². The van der Waals surface area contributed by atoms with E-state index in [1.165, 1.54) is 0 Å². The minimum Gasteiger partial charge on any atom is -0.465 e. The molecule has 22 heavy (non-hydrogen) atoms. The fraction of sp³-hybridized carbons (Fsp3) is 0.438. The number of allylic oxidation sites excluding steroid dienone is 1. The highest BCUT2D eigenvalue weighted by Crippen LogP contribution is 2.32. The molecule has 0 unspecified atom stereocenters.